The predicted octanol–water partition coefficient (Wildman–Crippen LogP) is 4.13. The van der Waals surface area contributed by atoms with E-state index in [-0.39, 0.29) is 5.82 Å². The lowest BCUT2D eigenvalue weighted by Crippen LogP contribution is -1.97. The molecule has 1 N–H and O–H groups in total. The molecule has 0 aliphatic heterocycles. The number of benzene rings is 1. The number of rotatable bonds is 2. The molecule has 1 aliphatic rings. The highest BCUT2D eigenvalue weighted by Gasteiger charge is 2.26. The Kier molecular flexibility index (Phi) is 2.74. The molecule has 0 unspecified atom stereocenters. The Morgan fingerprint density at radius 3 is 2.83 bits per heavy atom. The van der Waals surface area contributed by atoms with Gasteiger partial charge in [0.25, 0.3) is 0 Å². The average Bonchev–Trinajstić information content (AvgIpc) is 3.15. The third-order valence-corrected chi connectivity index (χ3v) is 3.35. The van der Waals surface area contributed by atoms with Crippen molar-refractivity contribution in [2.24, 2.45) is 0 Å². The number of hydrogen-bond donors (Lipinski definition) is 1. The van der Waals surface area contributed by atoms with Crippen LogP contribution in [0, 0.1) is 17.4 Å². The molecule has 2 aromatic rings. The first kappa shape index (κ1) is 11.5. The molecule has 1 saturated carbocycles. The van der Waals surface area contributed by atoms with Gasteiger partial charge in [-0.25, -0.2) is 9.37 Å². The van der Waals surface area contributed by atoms with Crippen LogP contribution in [0.4, 0.5) is 4.39 Å². The largest absolute Gasteiger partial charge is 0.343 e. The molecular formula is C14H13FN2S. The minimum Gasteiger partial charge on any atom is -0.343 e. The van der Waals surface area contributed by atoms with Gasteiger partial charge in [0.1, 0.15) is 16.3 Å². The second kappa shape index (κ2) is 4.28. The Hall–Kier alpha value is -1.55. The van der Waals surface area contributed by atoms with E-state index in [9.17, 15) is 4.39 Å². The molecule has 0 radical (unpaired) electrons. The number of aryl methyl sites for hydroxylation is 1. The highest BCUT2D eigenvalue weighted by molar-refractivity contribution is 7.71. The van der Waals surface area contributed by atoms with Crippen LogP contribution in [-0.2, 0) is 0 Å². The molecule has 92 valence electrons. The van der Waals surface area contributed by atoms with Crippen molar-refractivity contribution in [3.63, 3.8) is 0 Å². The lowest BCUT2D eigenvalue weighted by molar-refractivity contribution is 0.630. The highest BCUT2D eigenvalue weighted by Crippen LogP contribution is 2.38. The fraction of sp³-hybridized carbons (Fsp3) is 0.286. The summed E-state index contributed by atoms with van der Waals surface area (Å²) in [6.45, 7) is 1.94. The Morgan fingerprint density at radius 1 is 1.33 bits per heavy atom. The van der Waals surface area contributed by atoms with E-state index in [1.54, 1.807) is 12.1 Å². The summed E-state index contributed by atoms with van der Waals surface area (Å²) in [5, 5.41) is 0. The number of nitrogens with one attached hydrogen (secondary N) is 1. The van der Waals surface area contributed by atoms with Gasteiger partial charge in [-0.15, -0.1) is 0 Å². The second-order valence-electron chi connectivity index (χ2n) is 4.78. The van der Waals surface area contributed by atoms with Crippen LogP contribution in [0.15, 0.2) is 24.3 Å². The molecule has 2 nitrogen and oxygen atoms in total. The zero-order valence-electron chi connectivity index (χ0n) is 10.0. The van der Waals surface area contributed by atoms with E-state index in [1.807, 2.05) is 13.0 Å². The van der Waals surface area contributed by atoms with Gasteiger partial charge < -0.3 is 4.98 Å². The highest BCUT2D eigenvalue weighted by atomic mass is 32.1. The predicted molar refractivity (Wildman–Crippen MR) is 71.5 cm³/mol. The van der Waals surface area contributed by atoms with E-state index in [0.717, 1.165) is 29.9 Å². The van der Waals surface area contributed by atoms with Gasteiger partial charge in [-0.05, 0) is 38.0 Å². The molecule has 0 bridgehead atoms. The van der Waals surface area contributed by atoms with Gasteiger partial charge in [0, 0.05) is 11.5 Å². The van der Waals surface area contributed by atoms with Crippen molar-refractivity contribution in [1.29, 1.82) is 0 Å². The van der Waals surface area contributed by atoms with E-state index >= 15 is 0 Å². The summed E-state index contributed by atoms with van der Waals surface area (Å²) in [5.74, 6) is 1.12. The maximum atomic E-state index is 13.9. The van der Waals surface area contributed by atoms with Crippen molar-refractivity contribution in [1.82, 2.24) is 9.97 Å². The molecule has 1 aromatic heterocycles. The summed E-state index contributed by atoms with van der Waals surface area (Å²) in [4.78, 5) is 7.52. The molecule has 3 rings (SSSR count). The van der Waals surface area contributed by atoms with Gasteiger partial charge in [-0.1, -0.05) is 23.8 Å². The number of halogens is 1. The Morgan fingerprint density at radius 2 is 2.11 bits per heavy atom. The van der Waals surface area contributed by atoms with E-state index in [0.29, 0.717) is 16.1 Å². The van der Waals surface area contributed by atoms with Gasteiger partial charge in [0.05, 0.1) is 5.69 Å². The van der Waals surface area contributed by atoms with Crippen LogP contribution >= 0.6 is 12.2 Å². The summed E-state index contributed by atoms with van der Waals surface area (Å²) in [7, 11) is 0. The molecule has 0 saturated heterocycles. The first-order chi connectivity index (χ1) is 8.63. The number of hydrogen-bond acceptors (Lipinski definition) is 2. The van der Waals surface area contributed by atoms with Crippen LogP contribution in [0.3, 0.4) is 0 Å². The van der Waals surface area contributed by atoms with E-state index in [4.69, 9.17) is 12.2 Å². The Bertz CT molecular complexity index is 659. The van der Waals surface area contributed by atoms with E-state index in [2.05, 4.69) is 9.97 Å². The number of aromatic amines is 1. The maximum Gasteiger partial charge on any atom is 0.132 e. The van der Waals surface area contributed by atoms with Crippen molar-refractivity contribution in [2.75, 3.05) is 0 Å². The van der Waals surface area contributed by atoms with Crippen molar-refractivity contribution in [2.45, 2.75) is 25.7 Å². The van der Waals surface area contributed by atoms with Crippen LogP contribution in [-0.4, -0.2) is 9.97 Å². The monoisotopic (exact) mass is 260 g/mol. The molecule has 0 atom stereocenters. The minimum atomic E-state index is -0.237. The SMILES string of the molecule is Cc1ccc(F)c(-c2cc(=S)nc(C3CC3)[nH]2)c1. The Labute approximate surface area is 110 Å². The number of nitrogens with zero attached hydrogens (tertiary/aromatic N) is 1. The quantitative estimate of drug-likeness (QED) is 0.822. The lowest BCUT2D eigenvalue weighted by Gasteiger charge is -2.07. The van der Waals surface area contributed by atoms with Gasteiger partial charge in [-0.2, -0.15) is 0 Å². The van der Waals surface area contributed by atoms with Crippen LogP contribution < -0.4 is 0 Å². The summed E-state index contributed by atoms with van der Waals surface area (Å²) in [6.07, 6.45) is 2.27. The topological polar surface area (TPSA) is 28.7 Å². The van der Waals surface area contributed by atoms with Gasteiger partial charge in [0.2, 0.25) is 0 Å². The van der Waals surface area contributed by atoms with Crippen LogP contribution in [0.25, 0.3) is 11.3 Å². The zero-order valence-corrected chi connectivity index (χ0v) is 10.9. The van der Waals surface area contributed by atoms with Gasteiger partial charge in [0.15, 0.2) is 0 Å². The van der Waals surface area contributed by atoms with E-state index in [1.165, 1.54) is 6.07 Å². The first-order valence-electron chi connectivity index (χ1n) is 6.01. The maximum absolute atomic E-state index is 13.9. The van der Waals surface area contributed by atoms with Crippen LogP contribution in [0.5, 0.6) is 0 Å². The minimum absolute atomic E-state index is 0.237. The average molecular weight is 260 g/mol. The molecule has 1 aromatic carbocycles. The smallest absolute Gasteiger partial charge is 0.132 e. The molecule has 18 heavy (non-hydrogen) atoms. The molecule has 0 amide bonds. The van der Waals surface area contributed by atoms with Crippen LogP contribution in [0.1, 0.15) is 30.1 Å². The number of aromatic nitrogens is 2. The molecule has 1 fully saturated rings. The third-order valence-electron chi connectivity index (χ3n) is 3.14. The number of H-pyrrole nitrogens is 1. The molecule has 0 spiro atoms. The van der Waals surface area contributed by atoms with Crippen molar-refractivity contribution in [3.8, 4) is 11.3 Å². The third kappa shape index (κ3) is 2.20. The Balaban J connectivity index is 2.15. The molecule has 1 aliphatic carbocycles. The lowest BCUT2D eigenvalue weighted by atomic mass is 10.1. The normalized spacial score (nSPS) is 14.8. The summed E-state index contributed by atoms with van der Waals surface area (Å²) >= 11 is 5.16. The molecule has 4 heteroatoms. The fourth-order valence-electron chi connectivity index (χ4n) is 2.02. The van der Waals surface area contributed by atoms with Crippen molar-refractivity contribution < 1.29 is 4.39 Å². The summed E-state index contributed by atoms with van der Waals surface area (Å²) in [5.41, 5.74) is 2.30. The van der Waals surface area contributed by atoms with Crippen molar-refractivity contribution >= 4 is 12.2 Å². The molecule has 1 heterocycles. The molecular weight excluding hydrogens is 247 g/mol. The van der Waals surface area contributed by atoms with E-state index < -0.39 is 0 Å². The second-order valence-corrected chi connectivity index (χ2v) is 5.19. The summed E-state index contributed by atoms with van der Waals surface area (Å²) < 4.78 is 14.4. The zero-order chi connectivity index (χ0) is 12.7. The van der Waals surface area contributed by atoms with Crippen molar-refractivity contribution in [3.05, 3.63) is 46.1 Å². The first-order valence-corrected chi connectivity index (χ1v) is 6.42. The fourth-order valence-corrected chi connectivity index (χ4v) is 2.23. The summed E-state index contributed by atoms with van der Waals surface area (Å²) in [6, 6.07) is 6.79. The van der Waals surface area contributed by atoms with Gasteiger partial charge >= 0.3 is 0 Å². The standard InChI is InChI=1S/C14H13FN2S/c1-8-2-5-11(15)10(6-8)12-7-13(18)17-14(16-12)9-3-4-9/h2,5-7,9H,3-4H2,1H3,(H,16,17,18). The van der Waals surface area contributed by atoms with Gasteiger partial charge in [-0.3, -0.25) is 0 Å². The van der Waals surface area contributed by atoms with Crippen LogP contribution in [0.2, 0.25) is 0 Å².